The van der Waals surface area contributed by atoms with Crippen molar-refractivity contribution >= 4 is 45.9 Å². The monoisotopic (exact) mass is 376 g/mol. The lowest BCUT2D eigenvalue weighted by molar-refractivity contribution is -0.116. The second kappa shape index (κ2) is 7.89. The summed E-state index contributed by atoms with van der Waals surface area (Å²) >= 11 is 12.1. The van der Waals surface area contributed by atoms with Gasteiger partial charge < -0.3 is 9.73 Å². The molecular weight excluding hydrogens is 359 g/mol. The molecule has 0 spiro atoms. The van der Waals surface area contributed by atoms with Gasteiger partial charge in [0.05, 0.1) is 10.6 Å². The standard InChI is InChI=1S/C19H18Cl2N2O2/c1-2-3-4-5-18(24)22-13-7-9-17-16(11-13)23-19(25-17)14-8-6-12(20)10-15(14)21/h6-11H,2-5H2,1H3,(H,22,24). The molecule has 0 radical (unpaired) electrons. The van der Waals surface area contributed by atoms with E-state index in [9.17, 15) is 4.79 Å². The quantitative estimate of drug-likeness (QED) is 0.512. The molecular formula is C19H18Cl2N2O2. The van der Waals surface area contributed by atoms with Crippen LogP contribution >= 0.6 is 23.2 Å². The molecule has 3 aromatic rings. The Balaban J connectivity index is 1.80. The molecule has 1 aromatic heterocycles. The van der Waals surface area contributed by atoms with Crippen molar-refractivity contribution in [3.8, 4) is 11.5 Å². The van der Waals surface area contributed by atoms with E-state index in [0.29, 0.717) is 44.7 Å². The maximum atomic E-state index is 11.9. The molecule has 1 N–H and O–H groups in total. The zero-order chi connectivity index (χ0) is 17.8. The summed E-state index contributed by atoms with van der Waals surface area (Å²) in [4.78, 5) is 16.4. The van der Waals surface area contributed by atoms with Gasteiger partial charge in [-0.3, -0.25) is 4.79 Å². The van der Waals surface area contributed by atoms with Crippen molar-refractivity contribution < 1.29 is 9.21 Å². The number of oxazole rings is 1. The minimum absolute atomic E-state index is 0.0114. The number of rotatable bonds is 6. The van der Waals surface area contributed by atoms with Crippen LogP contribution < -0.4 is 5.32 Å². The van der Waals surface area contributed by atoms with Gasteiger partial charge in [0, 0.05) is 17.1 Å². The summed E-state index contributed by atoms with van der Waals surface area (Å²) in [5, 5.41) is 3.93. The number of hydrogen-bond donors (Lipinski definition) is 1. The highest BCUT2D eigenvalue weighted by Gasteiger charge is 2.13. The fourth-order valence-corrected chi connectivity index (χ4v) is 3.03. The molecule has 0 bridgehead atoms. The molecule has 0 aliphatic carbocycles. The normalized spacial score (nSPS) is 11.0. The van der Waals surface area contributed by atoms with E-state index in [0.717, 1.165) is 19.3 Å². The van der Waals surface area contributed by atoms with Crippen molar-refractivity contribution in [2.75, 3.05) is 5.32 Å². The third-order valence-electron chi connectivity index (χ3n) is 3.84. The van der Waals surface area contributed by atoms with E-state index in [4.69, 9.17) is 27.6 Å². The molecule has 130 valence electrons. The molecule has 1 amide bonds. The van der Waals surface area contributed by atoms with Gasteiger partial charge in [0.15, 0.2) is 5.58 Å². The highest BCUT2D eigenvalue weighted by molar-refractivity contribution is 6.36. The Bertz CT molecular complexity index is 906. The summed E-state index contributed by atoms with van der Waals surface area (Å²) in [6.45, 7) is 2.11. The van der Waals surface area contributed by atoms with Crippen LogP contribution in [0.3, 0.4) is 0 Å². The minimum Gasteiger partial charge on any atom is -0.436 e. The van der Waals surface area contributed by atoms with Gasteiger partial charge in [-0.1, -0.05) is 43.0 Å². The average Bonchev–Trinajstić information content (AvgIpc) is 2.98. The lowest BCUT2D eigenvalue weighted by atomic mass is 10.2. The van der Waals surface area contributed by atoms with Gasteiger partial charge in [0.1, 0.15) is 5.52 Å². The van der Waals surface area contributed by atoms with E-state index in [2.05, 4.69) is 17.2 Å². The number of amides is 1. The molecule has 25 heavy (non-hydrogen) atoms. The lowest BCUT2D eigenvalue weighted by Crippen LogP contribution is -2.10. The van der Waals surface area contributed by atoms with Crippen LogP contribution in [-0.4, -0.2) is 10.9 Å². The molecule has 0 saturated carbocycles. The van der Waals surface area contributed by atoms with Gasteiger partial charge in [-0.05, 0) is 42.8 Å². The van der Waals surface area contributed by atoms with E-state index in [1.54, 1.807) is 36.4 Å². The van der Waals surface area contributed by atoms with E-state index in [-0.39, 0.29) is 5.91 Å². The fourth-order valence-electron chi connectivity index (χ4n) is 2.54. The average molecular weight is 377 g/mol. The number of nitrogens with zero attached hydrogens (tertiary/aromatic N) is 1. The summed E-state index contributed by atoms with van der Waals surface area (Å²) in [6.07, 6.45) is 3.57. The second-order valence-electron chi connectivity index (χ2n) is 5.83. The molecule has 0 unspecified atom stereocenters. The van der Waals surface area contributed by atoms with Gasteiger partial charge in [0.2, 0.25) is 11.8 Å². The SMILES string of the molecule is CCCCCC(=O)Nc1ccc2oc(-c3ccc(Cl)cc3Cl)nc2c1. The highest BCUT2D eigenvalue weighted by atomic mass is 35.5. The molecule has 2 aromatic carbocycles. The van der Waals surface area contributed by atoms with Crippen LogP contribution in [0, 0.1) is 0 Å². The summed E-state index contributed by atoms with van der Waals surface area (Å²) in [5.74, 6) is 0.431. The molecule has 6 heteroatoms. The zero-order valence-corrected chi connectivity index (χ0v) is 15.3. The zero-order valence-electron chi connectivity index (χ0n) is 13.8. The highest BCUT2D eigenvalue weighted by Crippen LogP contribution is 2.32. The van der Waals surface area contributed by atoms with Gasteiger partial charge in [-0.2, -0.15) is 0 Å². The summed E-state index contributed by atoms with van der Waals surface area (Å²) in [5.41, 5.74) is 2.67. The molecule has 0 fully saturated rings. The predicted molar refractivity (Wildman–Crippen MR) is 102 cm³/mol. The topological polar surface area (TPSA) is 55.1 Å². The summed E-state index contributed by atoms with van der Waals surface area (Å²) in [7, 11) is 0. The van der Waals surface area contributed by atoms with Crippen LogP contribution in [0.15, 0.2) is 40.8 Å². The van der Waals surface area contributed by atoms with Crippen LogP contribution in [0.5, 0.6) is 0 Å². The first-order chi connectivity index (χ1) is 12.1. The van der Waals surface area contributed by atoms with Crippen molar-refractivity contribution in [3.05, 3.63) is 46.4 Å². The summed E-state index contributed by atoms with van der Waals surface area (Å²) < 4.78 is 5.76. The first-order valence-corrected chi connectivity index (χ1v) is 8.98. The number of fused-ring (bicyclic) bond motifs is 1. The van der Waals surface area contributed by atoms with E-state index in [1.807, 2.05) is 0 Å². The third kappa shape index (κ3) is 4.33. The second-order valence-corrected chi connectivity index (χ2v) is 6.67. The lowest BCUT2D eigenvalue weighted by Gasteiger charge is -2.04. The van der Waals surface area contributed by atoms with Crippen molar-refractivity contribution in [2.45, 2.75) is 32.6 Å². The van der Waals surface area contributed by atoms with Crippen LogP contribution in [0.2, 0.25) is 10.0 Å². The number of carbonyl (C=O) groups excluding carboxylic acids is 1. The van der Waals surface area contributed by atoms with E-state index >= 15 is 0 Å². The van der Waals surface area contributed by atoms with Gasteiger partial charge >= 0.3 is 0 Å². The number of aromatic nitrogens is 1. The largest absolute Gasteiger partial charge is 0.436 e. The number of unbranched alkanes of at least 4 members (excludes halogenated alkanes) is 2. The molecule has 0 atom stereocenters. The maximum Gasteiger partial charge on any atom is 0.228 e. The number of benzene rings is 2. The number of halogens is 2. The molecule has 0 aliphatic rings. The smallest absolute Gasteiger partial charge is 0.228 e. The van der Waals surface area contributed by atoms with Gasteiger partial charge in [-0.25, -0.2) is 4.98 Å². The Morgan fingerprint density at radius 2 is 2.00 bits per heavy atom. The van der Waals surface area contributed by atoms with Crippen LogP contribution in [0.25, 0.3) is 22.6 Å². The molecule has 4 nitrogen and oxygen atoms in total. The van der Waals surface area contributed by atoms with Crippen molar-refractivity contribution in [1.82, 2.24) is 4.98 Å². The fraction of sp³-hybridized carbons (Fsp3) is 0.263. The summed E-state index contributed by atoms with van der Waals surface area (Å²) in [6, 6.07) is 10.5. The Morgan fingerprint density at radius 3 is 2.76 bits per heavy atom. The van der Waals surface area contributed by atoms with Crippen molar-refractivity contribution in [1.29, 1.82) is 0 Å². The first kappa shape index (κ1) is 17.8. The van der Waals surface area contributed by atoms with E-state index < -0.39 is 0 Å². The molecule has 3 rings (SSSR count). The molecule has 0 saturated heterocycles. The maximum absolute atomic E-state index is 11.9. The third-order valence-corrected chi connectivity index (χ3v) is 4.39. The Kier molecular flexibility index (Phi) is 5.61. The number of anilines is 1. The Hall–Kier alpha value is -2.04. The predicted octanol–water partition coefficient (Wildman–Crippen LogP) is 6.32. The van der Waals surface area contributed by atoms with Crippen LogP contribution in [-0.2, 0) is 4.79 Å². The van der Waals surface area contributed by atoms with Gasteiger partial charge in [0.25, 0.3) is 0 Å². The number of carbonyl (C=O) groups is 1. The number of hydrogen-bond acceptors (Lipinski definition) is 3. The number of nitrogens with one attached hydrogen (secondary N) is 1. The Morgan fingerprint density at radius 1 is 1.16 bits per heavy atom. The molecule has 1 heterocycles. The minimum atomic E-state index is 0.0114. The van der Waals surface area contributed by atoms with Gasteiger partial charge in [-0.15, -0.1) is 0 Å². The van der Waals surface area contributed by atoms with E-state index in [1.165, 1.54) is 0 Å². The van der Waals surface area contributed by atoms with Crippen molar-refractivity contribution in [3.63, 3.8) is 0 Å². The van der Waals surface area contributed by atoms with Crippen LogP contribution in [0.1, 0.15) is 32.6 Å². The van der Waals surface area contributed by atoms with Crippen LogP contribution in [0.4, 0.5) is 5.69 Å². The first-order valence-electron chi connectivity index (χ1n) is 8.22. The van der Waals surface area contributed by atoms with Crippen molar-refractivity contribution in [2.24, 2.45) is 0 Å². The molecule has 0 aliphatic heterocycles. The Labute approximate surface area is 156 Å².